The first-order valence-corrected chi connectivity index (χ1v) is 8.71. The number of carbonyl (C=O) groups is 3. The maximum absolute atomic E-state index is 13.4. The van der Waals surface area contributed by atoms with Crippen LogP contribution in [0.5, 0.6) is 0 Å². The molecule has 144 valence electrons. The number of nitrogens with one attached hydrogen (secondary N) is 2. The molecule has 0 bridgehead atoms. The minimum atomic E-state index is -0.563. The highest BCUT2D eigenvalue weighted by molar-refractivity contribution is 6.12. The first-order chi connectivity index (χ1) is 12.8. The molecule has 1 aliphatic carbocycles. The van der Waals surface area contributed by atoms with Crippen molar-refractivity contribution < 1.29 is 18.8 Å². The normalized spacial score (nSPS) is 14.5. The zero-order chi connectivity index (χ0) is 20.0. The van der Waals surface area contributed by atoms with E-state index in [0.29, 0.717) is 18.4 Å². The van der Waals surface area contributed by atoms with Crippen molar-refractivity contribution in [3.8, 4) is 0 Å². The van der Waals surface area contributed by atoms with Crippen molar-refractivity contribution in [2.75, 3.05) is 14.1 Å². The number of aryl methyl sites for hydroxylation is 1. The van der Waals surface area contributed by atoms with E-state index in [2.05, 4.69) is 10.6 Å². The van der Waals surface area contributed by atoms with E-state index < -0.39 is 5.91 Å². The zero-order valence-corrected chi connectivity index (χ0v) is 15.7. The molecule has 6 nitrogen and oxygen atoms in total. The lowest BCUT2D eigenvalue weighted by Crippen LogP contribution is -2.28. The van der Waals surface area contributed by atoms with Crippen molar-refractivity contribution >= 4 is 18.1 Å². The Kier molecular flexibility index (Phi) is 6.87. The molecule has 1 fully saturated rings. The van der Waals surface area contributed by atoms with Gasteiger partial charge in [-0.15, -0.1) is 0 Å². The van der Waals surface area contributed by atoms with Crippen molar-refractivity contribution in [3.05, 3.63) is 58.6 Å². The van der Waals surface area contributed by atoms with Crippen LogP contribution < -0.4 is 10.6 Å². The van der Waals surface area contributed by atoms with E-state index in [1.807, 2.05) is 0 Å². The van der Waals surface area contributed by atoms with Crippen LogP contribution in [0.4, 0.5) is 4.39 Å². The van der Waals surface area contributed by atoms with Gasteiger partial charge in [-0.25, -0.2) is 4.39 Å². The predicted octanol–water partition coefficient (Wildman–Crippen LogP) is 1.60. The summed E-state index contributed by atoms with van der Waals surface area (Å²) in [7, 11) is 3.17. The molecule has 1 aliphatic rings. The third-order valence-corrected chi connectivity index (χ3v) is 4.12. The van der Waals surface area contributed by atoms with Gasteiger partial charge < -0.3 is 15.5 Å². The second-order valence-corrected chi connectivity index (χ2v) is 6.63. The second kappa shape index (κ2) is 9.12. The van der Waals surface area contributed by atoms with Gasteiger partial charge in [-0.1, -0.05) is 12.1 Å². The number of amides is 2. The maximum Gasteiger partial charge on any atom is 0.254 e. The molecular formula is C20H24FN3O3. The highest BCUT2D eigenvalue weighted by atomic mass is 19.1. The van der Waals surface area contributed by atoms with Gasteiger partial charge in [-0.3, -0.25) is 14.4 Å². The molecule has 7 heteroatoms. The standard InChI is InChI=1S/C20H24FN3O3/c1-13-8-14(4-7-18(13)21)10-24(3)11-15(20(27)23-17-5-6-17)9-16(12-25)19(26)22-2/h4,7-9,11-12,17H,5-6,10H2,1-3H3,(H,22,26)(H,23,27)/b15-11+,16-9+. The van der Waals surface area contributed by atoms with Crippen LogP contribution in [-0.2, 0) is 20.9 Å². The lowest BCUT2D eigenvalue weighted by atomic mass is 10.1. The molecule has 2 amide bonds. The van der Waals surface area contributed by atoms with E-state index >= 15 is 0 Å². The molecule has 0 heterocycles. The third kappa shape index (κ3) is 6.06. The highest BCUT2D eigenvalue weighted by Gasteiger charge is 2.25. The first-order valence-electron chi connectivity index (χ1n) is 8.71. The molecule has 1 aromatic carbocycles. The zero-order valence-electron chi connectivity index (χ0n) is 15.7. The molecule has 0 radical (unpaired) electrons. The second-order valence-electron chi connectivity index (χ2n) is 6.63. The van der Waals surface area contributed by atoms with Crippen LogP contribution in [-0.4, -0.2) is 43.1 Å². The summed E-state index contributed by atoms with van der Waals surface area (Å²) in [5.74, 6) is -1.18. The summed E-state index contributed by atoms with van der Waals surface area (Å²) in [4.78, 5) is 37.2. The Morgan fingerprint density at radius 1 is 1.26 bits per heavy atom. The number of hydrogen-bond donors (Lipinski definition) is 2. The monoisotopic (exact) mass is 373 g/mol. The number of halogens is 1. The summed E-state index contributed by atoms with van der Waals surface area (Å²) in [6.07, 6.45) is 5.10. The fourth-order valence-electron chi connectivity index (χ4n) is 2.50. The molecular weight excluding hydrogens is 349 g/mol. The largest absolute Gasteiger partial charge is 0.375 e. The lowest BCUT2D eigenvalue weighted by molar-refractivity contribution is -0.119. The topological polar surface area (TPSA) is 78.5 Å². The Labute approximate surface area is 158 Å². The van der Waals surface area contributed by atoms with E-state index in [-0.39, 0.29) is 28.9 Å². The van der Waals surface area contributed by atoms with Gasteiger partial charge in [-0.05, 0) is 43.0 Å². The molecule has 27 heavy (non-hydrogen) atoms. The van der Waals surface area contributed by atoms with Crippen molar-refractivity contribution in [2.24, 2.45) is 0 Å². The Morgan fingerprint density at radius 3 is 2.52 bits per heavy atom. The van der Waals surface area contributed by atoms with E-state index in [0.717, 1.165) is 18.4 Å². The SMILES string of the molecule is CNC(=O)/C(C=O)=C/C(=C\N(C)Cc1ccc(F)c(C)c1)C(=O)NC1CC1. The number of carbonyl (C=O) groups excluding carboxylic acids is 3. The molecule has 2 rings (SSSR count). The summed E-state index contributed by atoms with van der Waals surface area (Å²) in [5.41, 5.74) is 1.48. The number of likely N-dealkylation sites (N-methyl/N-ethyl adjacent to an activating group) is 1. The Hall–Kier alpha value is -2.96. The smallest absolute Gasteiger partial charge is 0.254 e. The number of hydrogen-bond acceptors (Lipinski definition) is 4. The maximum atomic E-state index is 13.4. The minimum Gasteiger partial charge on any atom is -0.375 e. The number of aldehydes is 1. The third-order valence-electron chi connectivity index (χ3n) is 4.12. The van der Waals surface area contributed by atoms with Crippen molar-refractivity contribution in [2.45, 2.75) is 32.4 Å². The molecule has 0 atom stereocenters. The highest BCUT2D eigenvalue weighted by Crippen LogP contribution is 2.20. The minimum absolute atomic E-state index is 0.138. The first kappa shape index (κ1) is 20.4. The van der Waals surface area contributed by atoms with E-state index in [1.165, 1.54) is 19.2 Å². The van der Waals surface area contributed by atoms with Crippen LogP contribution in [0.2, 0.25) is 0 Å². The molecule has 0 aromatic heterocycles. The van der Waals surface area contributed by atoms with Crippen LogP contribution in [0.3, 0.4) is 0 Å². The van der Waals surface area contributed by atoms with Crippen LogP contribution in [0.25, 0.3) is 0 Å². The van der Waals surface area contributed by atoms with E-state index in [4.69, 9.17) is 0 Å². The van der Waals surface area contributed by atoms with Crippen molar-refractivity contribution in [3.63, 3.8) is 0 Å². The van der Waals surface area contributed by atoms with Crippen LogP contribution in [0.1, 0.15) is 24.0 Å². The molecule has 0 saturated heterocycles. The number of nitrogens with zero attached hydrogens (tertiary/aromatic N) is 1. The van der Waals surface area contributed by atoms with Crippen LogP contribution in [0.15, 0.2) is 41.6 Å². The average Bonchev–Trinajstić information content (AvgIpc) is 3.44. The van der Waals surface area contributed by atoms with Gasteiger partial charge in [0.2, 0.25) is 0 Å². The molecule has 0 unspecified atom stereocenters. The summed E-state index contributed by atoms with van der Waals surface area (Å²) in [6.45, 7) is 2.12. The van der Waals surface area contributed by atoms with Gasteiger partial charge in [0.1, 0.15) is 5.82 Å². The van der Waals surface area contributed by atoms with E-state index in [1.54, 1.807) is 37.2 Å². The van der Waals surface area contributed by atoms with Crippen LogP contribution >= 0.6 is 0 Å². The van der Waals surface area contributed by atoms with Gasteiger partial charge in [-0.2, -0.15) is 0 Å². The number of benzene rings is 1. The van der Waals surface area contributed by atoms with Crippen molar-refractivity contribution in [1.29, 1.82) is 0 Å². The van der Waals surface area contributed by atoms with Gasteiger partial charge in [0.25, 0.3) is 11.8 Å². The Balaban J connectivity index is 2.25. The van der Waals surface area contributed by atoms with Crippen molar-refractivity contribution in [1.82, 2.24) is 15.5 Å². The average molecular weight is 373 g/mol. The lowest BCUT2D eigenvalue weighted by Gasteiger charge is -2.17. The van der Waals surface area contributed by atoms with Gasteiger partial charge in [0.15, 0.2) is 6.29 Å². The summed E-state index contributed by atoms with van der Waals surface area (Å²) < 4.78 is 13.4. The fraction of sp³-hybridized carbons (Fsp3) is 0.350. The fourth-order valence-corrected chi connectivity index (χ4v) is 2.50. The van der Waals surface area contributed by atoms with Gasteiger partial charge in [0.05, 0.1) is 11.1 Å². The Morgan fingerprint density at radius 2 is 1.96 bits per heavy atom. The molecule has 1 aromatic rings. The van der Waals surface area contributed by atoms with E-state index in [9.17, 15) is 18.8 Å². The summed E-state index contributed by atoms with van der Waals surface area (Å²) in [6, 6.07) is 4.95. The molecule has 2 N–H and O–H groups in total. The summed E-state index contributed by atoms with van der Waals surface area (Å²) >= 11 is 0. The summed E-state index contributed by atoms with van der Waals surface area (Å²) in [5, 5.41) is 5.22. The van der Waals surface area contributed by atoms with Gasteiger partial charge in [0, 0.05) is 32.9 Å². The molecule has 0 spiro atoms. The Bertz CT molecular complexity index is 798. The molecule has 1 saturated carbocycles. The molecule has 0 aliphatic heterocycles. The quantitative estimate of drug-likeness (QED) is 0.239. The number of rotatable bonds is 8. The van der Waals surface area contributed by atoms with Gasteiger partial charge >= 0.3 is 0 Å². The van der Waals surface area contributed by atoms with Crippen LogP contribution in [0, 0.1) is 12.7 Å². The predicted molar refractivity (Wildman–Crippen MR) is 100 cm³/mol.